The highest BCUT2D eigenvalue weighted by Gasteiger charge is 2.21. The Morgan fingerprint density at radius 2 is 1.53 bits per heavy atom. The minimum absolute atomic E-state index is 0.00208. The van der Waals surface area contributed by atoms with Gasteiger partial charge in [-0.25, -0.2) is 9.59 Å². The molecule has 0 bridgehead atoms. The van der Waals surface area contributed by atoms with Crippen LogP contribution in [0.15, 0.2) is 42.5 Å². The van der Waals surface area contributed by atoms with E-state index in [2.05, 4.69) is 5.32 Å². The predicted octanol–water partition coefficient (Wildman–Crippen LogP) is 0.517. The van der Waals surface area contributed by atoms with Crippen LogP contribution in [0.3, 0.4) is 0 Å². The maximum absolute atomic E-state index is 12.5. The van der Waals surface area contributed by atoms with E-state index in [0.29, 0.717) is 0 Å². The van der Waals surface area contributed by atoms with Gasteiger partial charge in [-0.05, 0) is 30.3 Å². The van der Waals surface area contributed by atoms with E-state index in [9.17, 15) is 29.1 Å². The fourth-order valence-corrected chi connectivity index (χ4v) is 2.84. The van der Waals surface area contributed by atoms with E-state index in [-0.39, 0.29) is 40.4 Å². The molecule has 0 spiro atoms. The molecule has 2 aromatic rings. The molecule has 0 saturated carbocycles. The largest absolute Gasteiger partial charge is 0.491 e. The average Bonchev–Trinajstić information content (AvgIpc) is 2.77. The lowest BCUT2D eigenvalue weighted by atomic mass is 10.0. The van der Waals surface area contributed by atoms with Gasteiger partial charge < -0.3 is 31.1 Å². The smallest absolute Gasteiger partial charge is 0.372 e. The quantitative estimate of drug-likeness (QED) is 0.143. The van der Waals surface area contributed by atoms with Crippen molar-refractivity contribution in [3.63, 3.8) is 0 Å². The van der Waals surface area contributed by atoms with Crippen LogP contribution in [0.25, 0.3) is 0 Å². The summed E-state index contributed by atoms with van der Waals surface area (Å²) >= 11 is 0. The number of hydrogen-bond donors (Lipinski definition) is 6. The molecule has 0 aromatic heterocycles. The molecule has 1 amide bonds. The molecular weight excluding hydrogens is 450 g/mol. The molecule has 12 nitrogen and oxygen atoms in total. The average molecular weight is 471 g/mol. The van der Waals surface area contributed by atoms with Gasteiger partial charge in [-0.1, -0.05) is 12.1 Å². The lowest BCUT2D eigenvalue weighted by Crippen LogP contribution is -2.40. The number of aromatic carboxylic acids is 1. The summed E-state index contributed by atoms with van der Waals surface area (Å²) in [7, 11) is 0. The zero-order valence-corrected chi connectivity index (χ0v) is 17.6. The molecule has 0 saturated heterocycles. The van der Waals surface area contributed by atoms with Gasteiger partial charge in [-0.3, -0.25) is 19.8 Å². The number of ether oxygens (including phenoxy) is 1. The molecule has 0 radical (unpaired) electrons. The van der Waals surface area contributed by atoms with Gasteiger partial charge in [0.15, 0.2) is 0 Å². The number of aliphatic carboxylic acids is 2. The summed E-state index contributed by atoms with van der Waals surface area (Å²) in [5.74, 6) is -6.17. The summed E-state index contributed by atoms with van der Waals surface area (Å²) in [6.07, 6.45) is -1.05. The lowest BCUT2D eigenvalue weighted by Gasteiger charge is -2.19. The van der Waals surface area contributed by atoms with Crippen LogP contribution in [0, 0.1) is 5.41 Å². The number of amides is 1. The van der Waals surface area contributed by atoms with Crippen LogP contribution in [0.1, 0.15) is 38.3 Å². The summed E-state index contributed by atoms with van der Waals surface area (Å²) in [6.45, 7) is -0.374. The van der Waals surface area contributed by atoms with Gasteiger partial charge in [0.2, 0.25) is 5.78 Å². The molecule has 1 atom stereocenters. The van der Waals surface area contributed by atoms with Gasteiger partial charge in [-0.15, -0.1) is 0 Å². The van der Waals surface area contributed by atoms with E-state index in [4.69, 9.17) is 26.1 Å². The molecule has 2 aromatic carbocycles. The third-order valence-electron chi connectivity index (χ3n) is 4.56. The van der Waals surface area contributed by atoms with Crippen LogP contribution in [0.2, 0.25) is 0 Å². The monoisotopic (exact) mass is 471 g/mol. The number of benzene rings is 2. The molecular formula is C22H21N3O9. The van der Waals surface area contributed by atoms with Gasteiger partial charge in [0.1, 0.15) is 18.2 Å². The number of hydrogen-bond acceptors (Lipinski definition) is 7. The van der Waals surface area contributed by atoms with Crippen molar-refractivity contribution >= 4 is 35.4 Å². The van der Waals surface area contributed by atoms with Crippen molar-refractivity contribution in [2.45, 2.75) is 18.9 Å². The number of carbonyl (C=O) groups excluding carboxylic acids is 2. The van der Waals surface area contributed by atoms with Crippen LogP contribution in [-0.2, 0) is 20.8 Å². The molecule has 12 heteroatoms. The molecule has 0 unspecified atom stereocenters. The van der Waals surface area contributed by atoms with Crippen molar-refractivity contribution in [1.82, 2.24) is 5.32 Å². The predicted molar refractivity (Wildman–Crippen MR) is 116 cm³/mol. The van der Waals surface area contributed by atoms with Crippen LogP contribution in [0.5, 0.6) is 5.75 Å². The third kappa shape index (κ3) is 7.15. The van der Waals surface area contributed by atoms with Crippen LogP contribution >= 0.6 is 0 Å². The van der Waals surface area contributed by atoms with Gasteiger partial charge in [0, 0.05) is 23.1 Å². The van der Waals surface area contributed by atoms with E-state index in [1.807, 2.05) is 0 Å². The molecule has 0 heterocycles. The van der Waals surface area contributed by atoms with Crippen molar-refractivity contribution < 1.29 is 44.0 Å². The van der Waals surface area contributed by atoms with Crippen LogP contribution in [-0.4, -0.2) is 63.4 Å². The van der Waals surface area contributed by atoms with E-state index >= 15 is 0 Å². The van der Waals surface area contributed by atoms with Crippen LogP contribution in [0.4, 0.5) is 0 Å². The summed E-state index contributed by atoms with van der Waals surface area (Å²) in [5, 5.41) is 37.0. The molecule has 0 aliphatic heterocycles. The lowest BCUT2D eigenvalue weighted by molar-refractivity contribution is -0.148. The van der Waals surface area contributed by atoms with Crippen LogP contribution < -0.4 is 15.8 Å². The minimum atomic E-state index is -1.65. The van der Waals surface area contributed by atoms with Crippen molar-refractivity contribution in [2.24, 2.45) is 5.73 Å². The van der Waals surface area contributed by atoms with E-state index in [0.717, 1.165) is 0 Å². The first-order chi connectivity index (χ1) is 16.0. The number of ketones is 1. The number of Topliss-reactive ketones (excluding diaryl/α,β-unsaturated/α-hetero) is 1. The van der Waals surface area contributed by atoms with Crippen molar-refractivity contribution in [3.8, 4) is 5.75 Å². The van der Waals surface area contributed by atoms with Gasteiger partial charge in [0.05, 0.1) is 18.0 Å². The molecule has 7 N–H and O–H groups in total. The topological polar surface area (TPSA) is 217 Å². The Labute approximate surface area is 192 Å². The first-order valence-electron chi connectivity index (χ1n) is 9.70. The van der Waals surface area contributed by atoms with E-state index < -0.39 is 48.5 Å². The second-order valence-corrected chi connectivity index (χ2v) is 7.10. The van der Waals surface area contributed by atoms with Crippen molar-refractivity contribution in [3.05, 3.63) is 64.7 Å². The number of amidine groups is 1. The Morgan fingerprint density at radius 1 is 0.941 bits per heavy atom. The second-order valence-electron chi connectivity index (χ2n) is 7.10. The Hall–Kier alpha value is -4.74. The third-order valence-corrected chi connectivity index (χ3v) is 4.56. The fraction of sp³-hybridized carbons (Fsp3) is 0.182. The maximum Gasteiger partial charge on any atom is 0.372 e. The maximum atomic E-state index is 12.5. The minimum Gasteiger partial charge on any atom is -0.491 e. The number of nitrogen functional groups attached to an aromatic ring is 1. The molecule has 34 heavy (non-hydrogen) atoms. The number of carboxylic acid groups (broad SMARTS) is 3. The highest BCUT2D eigenvalue weighted by atomic mass is 16.5. The van der Waals surface area contributed by atoms with Crippen molar-refractivity contribution in [1.29, 1.82) is 5.41 Å². The number of nitrogens with one attached hydrogen (secondary N) is 2. The molecule has 178 valence electrons. The summed E-state index contributed by atoms with van der Waals surface area (Å²) < 4.78 is 5.61. The SMILES string of the molecule is N=C(N)c1ccc(CC(=O)C(=O)O)c(OC[C@@H](CC(=O)O)NC(=O)c2ccc(C(=O)O)cc2)c1. The Balaban J connectivity index is 2.22. The number of carbonyl (C=O) groups is 5. The molecule has 0 aliphatic carbocycles. The second kappa shape index (κ2) is 11.2. The summed E-state index contributed by atoms with van der Waals surface area (Å²) in [5.41, 5.74) is 5.91. The standard InChI is InChI=1S/C22H21N3O9/c23-19(24)14-6-5-13(7-16(26)22(32)33)17(8-14)34-10-15(9-18(27)28)25-20(29)11-1-3-12(4-2-11)21(30)31/h1-6,8,15H,7,9-10H2,(H3,23,24)(H,25,29)(H,27,28)(H,30,31)(H,32,33)/t15-/m1/s1. The summed E-state index contributed by atoms with van der Waals surface area (Å²) in [4.78, 5) is 57.2. The Bertz CT molecular complexity index is 1140. The number of carboxylic acids is 3. The van der Waals surface area contributed by atoms with E-state index in [1.54, 1.807) is 0 Å². The molecule has 2 rings (SSSR count). The van der Waals surface area contributed by atoms with Crippen molar-refractivity contribution in [2.75, 3.05) is 6.61 Å². The zero-order valence-electron chi connectivity index (χ0n) is 17.6. The first kappa shape index (κ1) is 25.5. The molecule has 0 fully saturated rings. The highest BCUT2D eigenvalue weighted by molar-refractivity contribution is 6.33. The number of nitrogens with two attached hydrogens (primary N) is 1. The number of rotatable bonds is 12. The Kier molecular flexibility index (Phi) is 8.42. The van der Waals surface area contributed by atoms with Gasteiger partial charge in [-0.2, -0.15) is 0 Å². The van der Waals surface area contributed by atoms with E-state index in [1.165, 1.54) is 42.5 Å². The first-order valence-corrected chi connectivity index (χ1v) is 9.70. The van der Waals surface area contributed by atoms with Gasteiger partial charge >= 0.3 is 17.9 Å². The summed E-state index contributed by atoms with van der Waals surface area (Å²) in [6, 6.07) is 7.99. The fourth-order valence-electron chi connectivity index (χ4n) is 2.84. The zero-order chi connectivity index (χ0) is 25.4. The Morgan fingerprint density at radius 3 is 2.06 bits per heavy atom. The molecule has 0 aliphatic rings. The highest BCUT2D eigenvalue weighted by Crippen LogP contribution is 2.22. The van der Waals surface area contributed by atoms with Gasteiger partial charge in [0.25, 0.3) is 5.91 Å². The normalized spacial score (nSPS) is 11.2.